The zero-order valence-corrected chi connectivity index (χ0v) is 14.4. The molecule has 0 aliphatic carbocycles. The van der Waals surface area contributed by atoms with E-state index in [1.807, 2.05) is 30.3 Å². The number of hydrogen-bond donors (Lipinski definition) is 3. The van der Waals surface area contributed by atoms with Crippen molar-refractivity contribution < 1.29 is 14.5 Å². The molecule has 0 saturated heterocycles. The molecule has 0 atom stereocenters. The summed E-state index contributed by atoms with van der Waals surface area (Å²) in [7, 11) is 0. The molecule has 0 radical (unpaired) electrons. The number of aryl methyl sites for hydroxylation is 1. The number of nitro groups is 1. The van der Waals surface area contributed by atoms with Crippen molar-refractivity contribution in [2.24, 2.45) is 0 Å². The molecule has 2 rings (SSSR count). The lowest BCUT2D eigenvalue weighted by Gasteiger charge is -2.10. The Bertz CT molecular complexity index is 809. The standard InChI is InChI=1S/C17H16N4O4S/c22-15(11-6-12-4-2-1-3-5-12)18-17(26)20-19-16(23)13-7-9-14(10-8-13)21(24)25/h1-5,7-10H,6,11H2,(H,19,23)(H2,18,20,22,26). The van der Waals surface area contributed by atoms with Crippen molar-refractivity contribution in [1.82, 2.24) is 16.2 Å². The summed E-state index contributed by atoms with van der Waals surface area (Å²) in [6.07, 6.45) is 0.826. The molecule has 0 bridgehead atoms. The van der Waals surface area contributed by atoms with Crippen LogP contribution in [-0.4, -0.2) is 21.9 Å². The van der Waals surface area contributed by atoms with Gasteiger partial charge in [-0.15, -0.1) is 0 Å². The van der Waals surface area contributed by atoms with Gasteiger partial charge in [-0.2, -0.15) is 0 Å². The van der Waals surface area contributed by atoms with Crippen molar-refractivity contribution >= 4 is 34.8 Å². The lowest BCUT2D eigenvalue weighted by atomic mass is 10.1. The van der Waals surface area contributed by atoms with E-state index in [1.165, 1.54) is 24.3 Å². The molecule has 2 amide bonds. The number of carbonyl (C=O) groups is 2. The van der Waals surface area contributed by atoms with Crippen molar-refractivity contribution in [1.29, 1.82) is 0 Å². The van der Waals surface area contributed by atoms with Gasteiger partial charge < -0.3 is 5.32 Å². The smallest absolute Gasteiger partial charge is 0.269 e. The second kappa shape index (κ2) is 9.23. The first-order valence-electron chi connectivity index (χ1n) is 7.64. The van der Waals surface area contributed by atoms with Crippen LogP contribution in [0.2, 0.25) is 0 Å². The quantitative estimate of drug-likeness (QED) is 0.419. The molecule has 0 heterocycles. The van der Waals surface area contributed by atoms with E-state index in [0.717, 1.165) is 5.56 Å². The lowest BCUT2D eigenvalue weighted by molar-refractivity contribution is -0.384. The second-order valence-corrected chi connectivity index (χ2v) is 5.65. The number of nitro benzene ring substituents is 1. The van der Waals surface area contributed by atoms with Crippen LogP contribution in [0.25, 0.3) is 0 Å². The van der Waals surface area contributed by atoms with Gasteiger partial charge in [-0.05, 0) is 36.3 Å². The average Bonchev–Trinajstić information content (AvgIpc) is 2.65. The van der Waals surface area contributed by atoms with Crippen molar-refractivity contribution in [2.75, 3.05) is 0 Å². The third-order valence-corrected chi connectivity index (χ3v) is 3.57. The largest absolute Gasteiger partial charge is 0.302 e. The highest BCUT2D eigenvalue weighted by Crippen LogP contribution is 2.11. The third-order valence-electron chi connectivity index (χ3n) is 3.37. The predicted octanol–water partition coefficient (Wildman–Crippen LogP) is 1.86. The molecular weight excluding hydrogens is 356 g/mol. The normalized spacial score (nSPS) is 9.85. The van der Waals surface area contributed by atoms with Crippen molar-refractivity contribution in [3.63, 3.8) is 0 Å². The highest BCUT2D eigenvalue weighted by molar-refractivity contribution is 7.80. The first-order valence-corrected chi connectivity index (χ1v) is 8.05. The van der Waals surface area contributed by atoms with Crippen LogP contribution in [0.4, 0.5) is 5.69 Å². The van der Waals surface area contributed by atoms with Gasteiger partial charge >= 0.3 is 0 Å². The molecule has 0 spiro atoms. The number of amides is 2. The van der Waals surface area contributed by atoms with E-state index in [-0.39, 0.29) is 28.7 Å². The molecule has 134 valence electrons. The van der Waals surface area contributed by atoms with Crippen LogP contribution in [0, 0.1) is 10.1 Å². The number of non-ortho nitro benzene ring substituents is 1. The van der Waals surface area contributed by atoms with Crippen molar-refractivity contribution in [2.45, 2.75) is 12.8 Å². The van der Waals surface area contributed by atoms with Gasteiger partial charge in [-0.1, -0.05) is 30.3 Å². The molecule has 0 aliphatic rings. The maximum absolute atomic E-state index is 11.9. The molecule has 0 aliphatic heterocycles. The zero-order valence-electron chi connectivity index (χ0n) is 13.6. The zero-order chi connectivity index (χ0) is 18.9. The number of nitrogens with one attached hydrogen (secondary N) is 3. The van der Waals surface area contributed by atoms with Crippen LogP contribution >= 0.6 is 12.2 Å². The Morgan fingerprint density at radius 3 is 2.27 bits per heavy atom. The van der Waals surface area contributed by atoms with E-state index in [4.69, 9.17) is 12.2 Å². The van der Waals surface area contributed by atoms with Crippen molar-refractivity contribution in [3.8, 4) is 0 Å². The lowest BCUT2D eigenvalue weighted by Crippen LogP contribution is -2.48. The summed E-state index contributed by atoms with van der Waals surface area (Å²) >= 11 is 4.94. The predicted molar refractivity (Wildman–Crippen MR) is 99.2 cm³/mol. The summed E-state index contributed by atoms with van der Waals surface area (Å²) in [4.78, 5) is 33.8. The molecular formula is C17H16N4O4S. The Morgan fingerprint density at radius 1 is 1.00 bits per heavy atom. The van der Waals surface area contributed by atoms with E-state index in [1.54, 1.807) is 0 Å². The summed E-state index contributed by atoms with van der Waals surface area (Å²) in [6, 6.07) is 14.6. The van der Waals surface area contributed by atoms with Gasteiger partial charge in [0, 0.05) is 24.1 Å². The topological polar surface area (TPSA) is 113 Å². The summed E-state index contributed by atoms with van der Waals surface area (Å²) < 4.78 is 0. The summed E-state index contributed by atoms with van der Waals surface area (Å²) in [5, 5.41) is 13.0. The van der Waals surface area contributed by atoms with Crippen molar-refractivity contribution in [3.05, 3.63) is 75.8 Å². The van der Waals surface area contributed by atoms with Crippen LogP contribution in [0.5, 0.6) is 0 Å². The molecule has 0 saturated carbocycles. The fourth-order valence-electron chi connectivity index (χ4n) is 2.04. The van der Waals surface area contributed by atoms with Gasteiger partial charge in [0.1, 0.15) is 0 Å². The first-order chi connectivity index (χ1) is 12.5. The van der Waals surface area contributed by atoms with E-state index in [2.05, 4.69) is 16.2 Å². The molecule has 3 N–H and O–H groups in total. The van der Waals surface area contributed by atoms with Crippen LogP contribution in [0.1, 0.15) is 22.3 Å². The minimum Gasteiger partial charge on any atom is -0.302 e. The van der Waals surface area contributed by atoms with Crippen LogP contribution in [0.15, 0.2) is 54.6 Å². The Balaban J connectivity index is 1.74. The molecule has 8 nitrogen and oxygen atoms in total. The molecule has 0 unspecified atom stereocenters. The third kappa shape index (κ3) is 5.95. The Kier molecular flexibility index (Phi) is 6.75. The van der Waals surface area contributed by atoms with E-state index < -0.39 is 10.8 Å². The number of hydrazine groups is 1. The van der Waals surface area contributed by atoms with Crippen LogP contribution in [0.3, 0.4) is 0 Å². The number of hydrogen-bond acceptors (Lipinski definition) is 5. The summed E-state index contributed by atoms with van der Waals surface area (Å²) in [6.45, 7) is 0. The average molecular weight is 372 g/mol. The first kappa shape index (κ1) is 19.0. The summed E-state index contributed by atoms with van der Waals surface area (Å²) in [5.74, 6) is -0.822. The molecule has 0 fully saturated rings. The minimum absolute atomic E-state index is 0.0432. The molecule has 2 aromatic rings. The van der Waals surface area contributed by atoms with Gasteiger partial charge in [0.05, 0.1) is 4.92 Å². The molecule has 0 aromatic heterocycles. The number of rotatable bonds is 5. The van der Waals surface area contributed by atoms with E-state index in [0.29, 0.717) is 6.42 Å². The van der Waals surface area contributed by atoms with Crippen LogP contribution in [-0.2, 0) is 11.2 Å². The van der Waals surface area contributed by atoms with Gasteiger partial charge in [0.2, 0.25) is 5.91 Å². The molecule has 26 heavy (non-hydrogen) atoms. The highest BCUT2D eigenvalue weighted by atomic mass is 32.1. The Labute approximate surface area is 154 Å². The highest BCUT2D eigenvalue weighted by Gasteiger charge is 2.10. The van der Waals surface area contributed by atoms with Gasteiger partial charge in [0.25, 0.3) is 11.6 Å². The minimum atomic E-state index is -0.556. The fraction of sp³-hybridized carbons (Fsp3) is 0.118. The fourth-order valence-corrected chi connectivity index (χ4v) is 2.21. The van der Waals surface area contributed by atoms with E-state index in [9.17, 15) is 19.7 Å². The Morgan fingerprint density at radius 2 is 1.65 bits per heavy atom. The number of thiocarbonyl (C=S) groups is 1. The van der Waals surface area contributed by atoms with Crippen LogP contribution < -0.4 is 16.2 Å². The summed E-state index contributed by atoms with van der Waals surface area (Å²) in [5.41, 5.74) is 5.85. The monoisotopic (exact) mass is 372 g/mol. The maximum Gasteiger partial charge on any atom is 0.269 e. The second-order valence-electron chi connectivity index (χ2n) is 5.25. The number of benzene rings is 2. The molecule has 2 aromatic carbocycles. The van der Waals surface area contributed by atoms with Gasteiger partial charge in [-0.25, -0.2) is 0 Å². The number of nitrogens with zero attached hydrogens (tertiary/aromatic N) is 1. The maximum atomic E-state index is 11.9. The number of carbonyl (C=O) groups excluding carboxylic acids is 2. The van der Waals surface area contributed by atoms with E-state index >= 15 is 0 Å². The van der Waals surface area contributed by atoms with Gasteiger partial charge in [0.15, 0.2) is 5.11 Å². The SMILES string of the molecule is O=C(CCc1ccccc1)NC(=S)NNC(=O)c1ccc([N+](=O)[O-])cc1. The Hall–Kier alpha value is -3.33. The molecule has 9 heteroatoms. The van der Waals surface area contributed by atoms with Gasteiger partial charge in [-0.3, -0.25) is 30.6 Å².